The molecule has 1 unspecified atom stereocenters. The van der Waals surface area contributed by atoms with E-state index in [1.54, 1.807) is 8.61 Å². The van der Waals surface area contributed by atoms with Crippen LogP contribution in [0.2, 0.25) is 5.02 Å². The van der Waals surface area contributed by atoms with Crippen LogP contribution in [0, 0.1) is 0 Å². The van der Waals surface area contributed by atoms with Crippen molar-refractivity contribution in [3.05, 3.63) is 70.2 Å². The molecule has 1 fully saturated rings. The minimum atomic E-state index is -3.57. The Morgan fingerprint density at radius 1 is 1.00 bits per heavy atom. The highest BCUT2D eigenvalue weighted by Gasteiger charge is 2.39. The second-order valence-electron chi connectivity index (χ2n) is 6.71. The highest BCUT2D eigenvalue weighted by Crippen LogP contribution is 2.32. The first-order valence-corrected chi connectivity index (χ1v) is 10.6. The fourth-order valence-corrected chi connectivity index (χ4v) is 5.80. The van der Waals surface area contributed by atoms with Gasteiger partial charge >= 0.3 is 0 Å². The van der Waals surface area contributed by atoms with Crippen molar-refractivity contribution in [1.82, 2.24) is 13.9 Å². The molecule has 0 bridgehead atoms. The monoisotopic (exact) mass is 391 g/mol. The SMILES string of the molecule is O=S(=O)(N1CCc2ccccc2C1)N1CCNCC1c1ccccc1Cl. The highest BCUT2D eigenvalue weighted by molar-refractivity contribution is 7.86. The fraction of sp³-hybridized carbons (Fsp3) is 0.368. The topological polar surface area (TPSA) is 52.7 Å². The quantitative estimate of drug-likeness (QED) is 0.874. The number of benzene rings is 2. The standard InChI is InChI=1S/C19H22ClN3O2S/c20-18-8-4-3-7-17(18)19-13-21-10-12-23(19)26(24,25)22-11-9-15-5-1-2-6-16(15)14-22/h1-8,19,21H,9-14H2. The van der Waals surface area contributed by atoms with Gasteiger partial charge in [0, 0.05) is 37.7 Å². The van der Waals surface area contributed by atoms with Crippen molar-refractivity contribution < 1.29 is 8.42 Å². The minimum absolute atomic E-state index is 0.292. The van der Waals surface area contributed by atoms with Crippen LogP contribution in [-0.2, 0) is 23.2 Å². The summed E-state index contributed by atoms with van der Waals surface area (Å²) in [5, 5.41) is 3.90. The molecule has 0 amide bonds. The summed E-state index contributed by atoms with van der Waals surface area (Å²) in [5.41, 5.74) is 3.18. The average Bonchev–Trinajstić information content (AvgIpc) is 2.68. The first-order chi connectivity index (χ1) is 12.6. The van der Waals surface area contributed by atoms with Gasteiger partial charge in [0.2, 0.25) is 0 Å². The van der Waals surface area contributed by atoms with Crippen LogP contribution in [0.3, 0.4) is 0 Å². The zero-order valence-corrected chi connectivity index (χ0v) is 16.0. The van der Waals surface area contributed by atoms with Gasteiger partial charge in [0.25, 0.3) is 10.2 Å². The molecule has 2 aromatic carbocycles. The molecule has 0 radical (unpaired) electrons. The van der Waals surface area contributed by atoms with E-state index in [2.05, 4.69) is 11.4 Å². The number of nitrogens with zero attached hydrogens (tertiary/aromatic N) is 2. The summed E-state index contributed by atoms with van der Waals surface area (Å²) in [6, 6.07) is 15.3. The van der Waals surface area contributed by atoms with Crippen molar-refractivity contribution in [3.63, 3.8) is 0 Å². The van der Waals surface area contributed by atoms with Crippen LogP contribution in [0.1, 0.15) is 22.7 Å². The normalized spacial score (nSPS) is 22.1. The number of hydrogen-bond donors (Lipinski definition) is 1. The van der Waals surface area contributed by atoms with E-state index in [4.69, 9.17) is 11.6 Å². The molecular weight excluding hydrogens is 370 g/mol. The van der Waals surface area contributed by atoms with Gasteiger partial charge in [-0.3, -0.25) is 0 Å². The Bertz CT molecular complexity index is 903. The second kappa shape index (κ2) is 7.29. The zero-order valence-electron chi connectivity index (χ0n) is 14.4. The zero-order chi connectivity index (χ0) is 18.1. The summed E-state index contributed by atoms with van der Waals surface area (Å²) in [5.74, 6) is 0. The molecule has 0 spiro atoms. The maximum Gasteiger partial charge on any atom is 0.282 e. The van der Waals surface area contributed by atoms with Crippen molar-refractivity contribution in [2.24, 2.45) is 0 Å². The van der Waals surface area contributed by atoms with Crippen molar-refractivity contribution in [2.45, 2.75) is 19.0 Å². The lowest BCUT2D eigenvalue weighted by molar-refractivity contribution is 0.242. The van der Waals surface area contributed by atoms with Crippen molar-refractivity contribution in [2.75, 3.05) is 26.2 Å². The van der Waals surface area contributed by atoms with Gasteiger partial charge < -0.3 is 5.32 Å². The predicted molar refractivity (Wildman–Crippen MR) is 103 cm³/mol. The van der Waals surface area contributed by atoms with E-state index >= 15 is 0 Å². The lowest BCUT2D eigenvalue weighted by Gasteiger charge is -2.40. The van der Waals surface area contributed by atoms with Crippen LogP contribution in [0.4, 0.5) is 0 Å². The average molecular weight is 392 g/mol. The van der Waals surface area contributed by atoms with Crippen molar-refractivity contribution >= 4 is 21.8 Å². The van der Waals surface area contributed by atoms with Crippen LogP contribution >= 0.6 is 11.6 Å². The lowest BCUT2D eigenvalue weighted by atomic mass is 10.0. The van der Waals surface area contributed by atoms with Crippen LogP contribution in [0.15, 0.2) is 48.5 Å². The summed E-state index contributed by atoms with van der Waals surface area (Å²) >= 11 is 6.36. The van der Waals surface area contributed by atoms with E-state index in [0.29, 0.717) is 37.7 Å². The van der Waals surface area contributed by atoms with Gasteiger partial charge in [0.05, 0.1) is 6.04 Å². The molecule has 138 valence electrons. The maximum absolute atomic E-state index is 13.4. The predicted octanol–water partition coefficient (Wildman–Crippen LogP) is 2.59. The molecule has 2 heterocycles. The van der Waals surface area contributed by atoms with Crippen LogP contribution in [0.5, 0.6) is 0 Å². The second-order valence-corrected chi connectivity index (χ2v) is 9.00. The molecule has 4 rings (SSSR count). The van der Waals surface area contributed by atoms with E-state index in [-0.39, 0.29) is 6.04 Å². The Labute approximate surface area is 159 Å². The smallest absolute Gasteiger partial charge is 0.282 e. The molecule has 0 aliphatic carbocycles. The molecule has 7 heteroatoms. The Morgan fingerprint density at radius 3 is 2.54 bits per heavy atom. The van der Waals surface area contributed by atoms with Gasteiger partial charge in [-0.05, 0) is 29.2 Å². The number of fused-ring (bicyclic) bond motifs is 1. The molecule has 2 aromatic rings. The highest BCUT2D eigenvalue weighted by atomic mass is 35.5. The summed E-state index contributed by atoms with van der Waals surface area (Å²) < 4.78 is 30.1. The molecule has 1 N–H and O–H groups in total. The molecular formula is C19H22ClN3O2S. The van der Waals surface area contributed by atoms with Crippen LogP contribution < -0.4 is 5.32 Å². The molecule has 0 aromatic heterocycles. The number of rotatable bonds is 3. The molecule has 0 saturated carbocycles. The Balaban J connectivity index is 1.65. The molecule has 1 atom stereocenters. The van der Waals surface area contributed by atoms with E-state index in [0.717, 1.165) is 17.5 Å². The summed E-state index contributed by atoms with van der Waals surface area (Å²) in [6.07, 6.45) is 0.748. The minimum Gasteiger partial charge on any atom is -0.313 e. The number of halogens is 1. The van der Waals surface area contributed by atoms with Gasteiger partial charge in [-0.15, -0.1) is 0 Å². The molecule has 1 saturated heterocycles. The van der Waals surface area contributed by atoms with Gasteiger partial charge in [-0.1, -0.05) is 54.1 Å². The summed E-state index contributed by atoms with van der Waals surface area (Å²) in [6.45, 7) is 2.59. The van der Waals surface area contributed by atoms with E-state index in [1.807, 2.05) is 42.5 Å². The Kier molecular flexibility index (Phi) is 5.03. The maximum atomic E-state index is 13.4. The van der Waals surface area contributed by atoms with Gasteiger partial charge in [0.1, 0.15) is 0 Å². The number of nitrogens with one attached hydrogen (secondary N) is 1. The van der Waals surface area contributed by atoms with Crippen molar-refractivity contribution in [3.8, 4) is 0 Å². The van der Waals surface area contributed by atoms with E-state index in [1.165, 1.54) is 5.56 Å². The third kappa shape index (κ3) is 3.28. The molecule has 2 aliphatic heterocycles. The fourth-order valence-electron chi connectivity index (χ4n) is 3.79. The molecule has 26 heavy (non-hydrogen) atoms. The van der Waals surface area contributed by atoms with Gasteiger partial charge in [0.15, 0.2) is 0 Å². The largest absolute Gasteiger partial charge is 0.313 e. The van der Waals surface area contributed by atoms with Crippen molar-refractivity contribution in [1.29, 1.82) is 0 Å². The van der Waals surface area contributed by atoms with Gasteiger partial charge in [-0.25, -0.2) is 0 Å². The molecule has 5 nitrogen and oxygen atoms in total. The van der Waals surface area contributed by atoms with E-state index in [9.17, 15) is 8.42 Å². The summed E-state index contributed by atoms with van der Waals surface area (Å²) in [4.78, 5) is 0. The lowest BCUT2D eigenvalue weighted by Crippen LogP contribution is -2.54. The first-order valence-electron chi connectivity index (χ1n) is 8.86. The molecule has 2 aliphatic rings. The van der Waals surface area contributed by atoms with Gasteiger partial charge in [-0.2, -0.15) is 17.0 Å². The summed E-state index contributed by atoms with van der Waals surface area (Å²) in [7, 11) is -3.57. The third-order valence-corrected chi connectivity index (χ3v) is 7.51. The third-order valence-electron chi connectivity index (χ3n) is 5.18. The number of hydrogen-bond acceptors (Lipinski definition) is 3. The van der Waals surface area contributed by atoms with Crippen LogP contribution in [-0.4, -0.2) is 43.2 Å². The number of piperazine rings is 1. The first kappa shape index (κ1) is 17.9. The van der Waals surface area contributed by atoms with Crippen LogP contribution in [0.25, 0.3) is 0 Å². The Morgan fingerprint density at radius 2 is 1.73 bits per heavy atom. The van der Waals surface area contributed by atoms with E-state index < -0.39 is 10.2 Å². The Hall–Kier alpha value is -1.44.